The van der Waals surface area contributed by atoms with Crippen molar-refractivity contribution in [2.24, 2.45) is 0 Å². The van der Waals surface area contributed by atoms with Gasteiger partial charge in [0.2, 0.25) is 5.82 Å². The highest BCUT2D eigenvalue weighted by Gasteiger charge is 2.57. The van der Waals surface area contributed by atoms with Crippen molar-refractivity contribution in [3.63, 3.8) is 0 Å². The fourth-order valence-electron chi connectivity index (χ4n) is 5.06. The molecule has 0 radical (unpaired) electrons. The van der Waals surface area contributed by atoms with E-state index in [0.717, 1.165) is 25.7 Å². The summed E-state index contributed by atoms with van der Waals surface area (Å²) in [7, 11) is 1.13. The number of benzene rings is 2. The van der Waals surface area contributed by atoms with Gasteiger partial charge in [-0.15, -0.1) is 0 Å². The van der Waals surface area contributed by atoms with Crippen LogP contribution in [0.1, 0.15) is 42.0 Å². The van der Waals surface area contributed by atoms with Gasteiger partial charge in [0.1, 0.15) is 17.7 Å². The van der Waals surface area contributed by atoms with Crippen molar-refractivity contribution in [3.05, 3.63) is 101 Å². The predicted octanol–water partition coefficient (Wildman–Crippen LogP) is 6.34. The van der Waals surface area contributed by atoms with Crippen molar-refractivity contribution in [1.29, 1.82) is 0 Å². The standard InChI is InChI=1S/C29H25F5N2O4/c1-28(29(32,33)34)13-19(18-8-9-22(30)26(31)27(18)38-2)21(16-40-28)24-12-25(39-15-17-6-4-3-5-7-17)20-14-36(37)11-10-23(20)35-24/h3-12,14,19,21H,13,15-16H2,1-2H3/t19-,21+,28+/m0/s1. The van der Waals surface area contributed by atoms with Gasteiger partial charge in [-0.25, -0.2) is 4.39 Å². The molecule has 0 N–H and O–H groups in total. The van der Waals surface area contributed by atoms with Gasteiger partial charge in [-0.3, -0.25) is 4.98 Å². The van der Waals surface area contributed by atoms with Gasteiger partial charge in [-0.1, -0.05) is 36.4 Å². The van der Waals surface area contributed by atoms with Crippen LogP contribution < -0.4 is 14.2 Å². The number of fused-ring (bicyclic) bond motifs is 1. The fourth-order valence-corrected chi connectivity index (χ4v) is 5.06. The Kier molecular flexibility index (Phi) is 7.26. The van der Waals surface area contributed by atoms with E-state index in [9.17, 15) is 27.2 Å². The Morgan fingerprint density at radius 2 is 1.85 bits per heavy atom. The molecule has 1 saturated heterocycles. The Hall–Kier alpha value is -3.99. The fraction of sp³-hybridized carbons (Fsp3) is 0.310. The number of hydrogen-bond donors (Lipinski definition) is 0. The smallest absolute Gasteiger partial charge is 0.417 e. The van der Waals surface area contributed by atoms with Crippen LogP contribution >= 0.6 is 0 Å². The normalized spacial score (nSPS) is 21.4. The van der Waals surface area contributed by atoms with Gasteiger partial charge in [0.05, 0.1) is 24.9 Å². The second-order valence-electron chi connectivity index (χ2n) is 9.86. The zero-order valence-electron chi connectivity index (χ0n) is 21.5. The number of nitrogens with zero attached hydrogens (tertiary/aromatic N) is 2. The number of ether oxygens (including phenoxy) is 3. The molecule has 0 saturated carbocycles. The summed E-state index contributed by atoms with van der Waals surface area (Å²) in [6.07, 6.45) is -2.79. The molecule has 0 unspecified atom stereocenters. The first kappa shape index (κ1) is 27.6. The summed E-state index contributed by atoms with van der Waals surface area (Å²) in [5.74, 6) is -4.52. The average Bonchev–Trinajstić information content (AvgIpc) is 2.93. The monoisotopic (exact) mass is 560 g/mol. The minimum atomic E-state index is -4.73. The van der Waals surface area contributed by atoms with Crippen molar-refractivity contribution < 1.29 is 40.9 Å². The minimum absolute atomic E-state index is 0.0595. The lowest BCUT2D eigenvalue weighted by atomic mass is 9.74. The molecule has 5 rings (SSSR count). The van der Waals surface area contributed by atoms with Gasteiger partial charge in [-0.05, 0) is 25.0 Å². The molecule has 0 amide bonds. The van der Waals surface area contributed by atoms with Crippen LogP contribution in [0.5, 0.6) is 11.5 Å². The molecule has 1 fully saturated rings. The first-order valence-electron chi connectivity index (χ1n) is 12.4. The molecule has 0 aliphatic carbocycles. The van der Waals surface area contributed by atoms with E-state index in [1.165, 1.54) is 24.5 Å². The van der Waals surface area contributed by atoms with Crippen LogP contribution in [-0.4, -0.2) is 30.5 Å². The zero-order chi connectivity index (χ0) is 28.7. The van der Waals surface area contributed by atoms with E-state index in [1.807, 2.05) is 30.3 Å². The topological polar surface area (TPSA) is 67.5 Å². The number of rotatable bonds is 6. The Morgan fingerprint density at radius 3 is 2.55 bits per heavy atom. The average molecular weight is 561 g/mol. The Morgan fingerprint density at radius 1 is 1.10 bits per heavy atom. The molecule has 2 aromatic heterocycles. The van der Waals surface area contributed by atoms with Gasteiger partial charge in [0.15, 0.2) is 29.6 Å². The molecule has 3 heterocycles. The summed E-state index contributed by atoms with van der Waals surface area (Å²) in [4.78, 5) is 4.63. The Balaban J connectivity index is 1.63. The van der Waals surface area contributed by atoms with Gasteiger partial charge in [0, 0.05) is 29.5 Å². The summed E-state index contributed by atoms with van der Waals surface area (Å²) < 4.78 is 88.2. The number of aromatic nitrogens is 2. The quantitative estimate of drug-likeness (QED) is 0.156. The van der Waals surface area contributed by atoms with E-state index in [4.69, 9.17) is 14.2 Å². The third kappa shape index (κ3) is 5.13. The highest BCUT2D eigenvalue weighted by atomic mass is 19.4. The molecule has 4 aromatic rings. The van der Waals surface area contributed by atoms with Crippen molar-refractivity contribution in [1.82, 2.24) is 4.98 Å². The molecule has 0 bridgehead atoms. The van der Waals surface area contributed by atoms with Crippen molar-refractivity contribution in [3.8, 4) is 11.5 Å². The molecular formula is C29H25F5N2O4. The lowest BCUT2D eigenvalue weighted by Gasteiger charge is -2.43. The van der Waals surface area contributed by atoms with Crippen LogP contribution in [0, 0.1) is 16.8 Å². The third-order valence-electron chi connectivity index (χ3n) is 7.28. The van der Waals surface area contributed by atoms with Crippen LogP contribution in [0.4, 0.5) is 22.0 Å². The van der Waals surface area contributed by atoms with Gasteiger partial charge < -0.3 is 19.4 Å². The maximum absolute atomic E-state index is 14.7. The van der Waals surface area contributed by atoms with E-state index in [-0.39, 0.29) is 17.9 Å². The molecule has 3 atom stereocenters. The van der Waals surface area contributed by atoms with Gasteiger partial charge >= 0.3 is 6.18 Å². The molecule has 2 aromatic carbocycles. The molecule has 40 heavy (non-hydrogen) atoms. The Labute approximate surface area is 226 Å². The highest BCUT2D eigenvalue weighted by molar-refractivity contribution is 5.83. The van der Waals surface area contributed by atoms with Crippen molar-refractivity contribution in [2.75, 3.05) is 13.7 Å². The minimum Gasteiger partial charge on any atom is -0.619 e. The SMILES string of the molecule is COc1c([C@@H]2C[C@](C)(C(F)(F)F)OC[C@H]2c2cc(OCc3ccccc3)c3c[n+]([O-])ccc3n2)ccc(F)c1F. The second kappa shape index (κ2) is 10.5. The number of methoxy groups -OCH3 is 1. The van der Waals surface area contributed by atoms with Crippen LogP contribution in [0.25, 0.3) is 10.9 Å². The van der Waals surface area contributed by atoms with E-state index in [0.29, 0.717) is 21.3 Å². The molecule has 11 heteroatoms. The highest BCUT2D eigenvalue weighted by Crippen LogP contribution is 2.52. The van der Waals surface area contributed by atoms with Crippen LogP contribution in [0.2, 0.25) is 0 Å². The number of pyridine rings is 2. The maximum atomic E-state index is 14.7. The maximum Gasteiger partial charge on any atom is 0.417 e. The van der Waals surface area contributed by atoms with E-state index >= 15 is 0 Å². The first-order chi connectivity index (χ1) is 19.0. The predicted molar refractivity (Wildman–Crippen MR) is 135 cm³/mol. The second-order valence-corrected chi connectivity index (χ2v) is 9.86. The number of hydrogen-bond acceptors (Lipinski definition) is 5. The summed E-state index contributed by atoms with van der Waals surface area (Å²) in [6, 6.07) is 14.4. The van der Waals surface area contributed by atoms with Crippen LogP contribution in [-0.2, 0) is 11.3 Å². The lowest BCUT2D eigenvalue weighted by Crippen LogP contribution is -2.50. The summed E-state index contributed by atoms with van der Waals surface area (Å²) >= 11 is 0. The molecule has 6 nitrogen and oxygen atoms in total. The van der Waals surface area contributed by atoms with Gasteiger partial charge in [0.25, 0.3) is 0 Å². The molecule has 210 valence electrons. The van der Waals surface area contributed by atoms with Crippen molar-refractivity contribution >= 4 is 10.9 Å². The molecule has 1 aliphatic rings. The molecule has 0 spiro atoms. The van der Waals surface area contributed by atoms with Crippen molar-refractivity contribution in [2.45, 2.75) is 43.6 Å². The largest absolute Gasteiger partial charge is 0.619 e. The third-order valence-corrected chi connectivity index (χ3v) is 7.28. The first-order valence-corrected chi connectivity index (χ1v) is 12.4. The lowest BCUT2D eigenvalue weighted by molar-refractivity contribution is -0.603. The summed E-state index contributed by atoms with van der Waals surface area (Å²) in [6.45, 7) is 0.659. The summed E-state index contributed by atoms with van der Waals surface area (Å²) in [5.41, 5.74) is -0.967. The Bertz CT molecular complexity index is 1530. The van der Waals surface area contributed by atoms with Crippen LogP contribution in [0.3, 0.4) is 0 Å². The molecular weight excluding hydrogens is 535 g/mol. The summed E-state index contributed by atoms with van der Waals surface area (Å²) in [5, 5.41) is 12.5. The van der Waals surface area contributed by atoms with Crippen LogP contribution in [0.15, 0.2) is 67.0 Å². The van der Waals surface area contributed by atoms with E-state index in [2.05, 4.69) is 4.98 Å². The van der Waals surface area contributed by atoms with Gasteiger partial charge in [-0.2, -0.15) is 22.3 Å². The zero-order valence-corrected chi connectivity index (χ0v) is 21.5. The number of halogens is 5. The number of alkyl halides is 3. The van der Waals surface area contributed by atoms with E-state index in [1.54, 1.807) is 6.07 Å². The molecule has 1 aliphatic heterocycles. The van der Waals surface area contributed by atoms with E-state index < -0.39 is 54.0 Å².